The molecule has 1 unspecified atom stereocenters. The van der Waals surface area contributed by atoms with E-state index in [2.05, 4.69) is 21.4 Å². The first-order valence-corrected chi connectivity index (χ1v) is 14.5. The Bertz CT molecular complexity index is 1610. The van der Waals surface area contributed by atoms with Crippen molar-refractivity contribution in [2.45, 2.75) is 64.1 Å². The minimum Gasteiger partial charge on any atom is -0.493 e. The molecule has 5 rings (SSSR count). The van der Waals surface area contributed by atoms with Crippen LogP contribution < -0.4 is 14.8 Å². The molecule has 10 heteroatoms. The van der Waals surface area contributed by atoms with Crippen molar-refractivity contribution in [1.82, 2.24) is 20.2 Å². The Balaban J connectivity index is 1.57. The van der Waals surface area contributed by atoms with Gasteiger partial charge in [-0.1, -0.05) is 25.0 Å². The molecule has 43 heavy (non-hydrogen) atoms. The number of carbonyl (C=O) groups is 2. The first kappa shape index (κ1) is 29.6. The fourth-order valence-electron chi connectivity index (χ4n) is 5.43. The highest BCUT2D eigenvalue weighted by Crippen LogP contribution is 2.35. The van der Waals surface area contributed by atoms with Crippen molar-refractivity contribution in [2.75, 3.05) is 13.7 Å². The number of aryl methyl sites for hydroxylation is 1. The number of pyridine rings is 1. The number of unbranched alkanes of at least 4 members (excludes halogenated alkanes) is 1. The number of methoxy groups -OCH3 is 1. The molecule has 222 valence electrons. The van der Waals surface area contributed by atoms with Crippen LogP contribution in [0.15, 0.2) is 65.6 Å². The van der Waals surface area contributed by atoms with Crippen LogP contribution in [0, 0.1) is 18.3 Å². The maximum absolute atomic E-state index is 14.4. The van der Waals surface area contributed by atoms with Gasteiger partial charge in [0.25, 0.3) is 5.91 Å². The Labute approximate surface area is 250 Å². The number of oxazole rings is 1. The number of amides is 2. The van der Waals surface area contributed by atoms with Gasteiger partial charge in [-0.15, -0.1) is 0 Å². The fraction of sp³-hybridized carbons (Fsp3) is 0.364. The lowest BCUT2D eigenvalue weighted by Gasteiger charge is -2.32. The van der Waals surface area contributed by atoms with Gasteiger partial charge in [0.1, 0.15) is 12.3 Å². The number of rotatable bonds is 12. The summed E-state index contributed by atoms with van der Waals surface area (Å²) in [5, 5.41) is 12.9. The highest BCUT2D eigenvalue weighted by molar-refractivity contribution is 6.00. The number of hydrogen-bond acceptors (Lipinski definition) is 8. The number of aromatic nitrogens is 2. The van der Waals surface area contributed by atoms with Crippen LogP contribution >= 0.6 is 0 Å². The quantitative estimate of drug-likeness (QED) is 0.212. The van der Waals surface area contributed by atoms with Crippen LogP contribution in [-0.2, 0) is 11.3 Å². The van der Waals surface area contributed by atoms with Gasteiger partial charge in [-0.3, -0.25) is 14.6 Å². The zero-order valence-electron chi connectivity index (χ0n) is 24.4. The average molecular weight is 582 g/mol. The second-order valence-electron chi connectivity index (χ2n) is 10.7. The second kappa shape index (κ2) is 13.8. The number of nitrogens with zero attached hydrogens (tertiary/aromatic N) is 4. The molecule has 2 amide bonds. The third-order valence-corrected chi connectivity index (χ3v) is 7.61. The van der Waals surface area contributed by atoms with Crippen molar-refractivity contribution in [1.29, 1.82) is 5.26 Å². The van der Waals surface area contributed by atoms with E-state index >= 15 is 0 Å². The van der Waals surface area contributed by atoms with Crippen molar-refractivity contribution >= 4 is 22.7 Å². The van der Waals surface area contributed by atoms with Gasteiger partial charge < -0.3 is 24.1 Å². The van der Waals surface area contributed by atoms with Crippen LogP contribution in [0.2, 0.25) is 0 Å². The van der Waals surface area contributed by atoms with E-state index in [0.717, 1.165) is 42.3 Å². The molecule has 0 spiro atoms. The first-order chi connectivity index (χ1) is 21.0. The summed E-state index contributed by atoms with van der Waals surface area (Å²) in [5.41, 5.74) is 3.14. The van der Waals surface area contributed by atoms with Gasteiger partial charge in [-0.25, -0.2) is 4.98 Å². The van der Waals surface area contributed by atoms with Gasteiger partial charge in [-0.2, -0.15) is 5.26 Å². The van der Waals surface area contributed by atoms with Gasteiger partial charge in [0.05, 0.1) is 37.5 Å². The predicted molar refractivity (Wildman–Crippen MR) is 159 cm³/mol. The summed E-state index contributed by atoms with van der Waals surface area (Å²) < 4.78 is 16.7. The number of ether oxygens (including phenoxy) is 2. The zero-order chi connectivity index (χ0) is 30.2. The van der Waals surface area contributed by atoms with Crippen LogP contribution in [0.4, 0.5) is 0 Å². The van der Waals surface area contributed by atoms with E-state index in [-0.39, 0.29) is 24.4 Å². The molecule has 1 atom stereocenters. The minimum absolute atomic E-state index is 0.0344. The topological polar surface area (TPSA) is 131 Å². The van der Waals surface area contributed by atoms with E-state index in [1.54, 1.807) is 30.3 Å². The highest BCUT2D eigenvalue weighted by atomic mass is 16.5. The van der Waals surface area contributed by atoms with E-state index in [1.807, 2.05) is 25.1 Å². The molecule has 1 aliphatic rings. The van der Waals surface area contributed by atoms with E-state index < -0.39 is 6.04 Å². The number of benzene rings is 2. The Morgan fingerprint density at radius 2 is 1.98 bits per heavy atom. The molecule has 0 bridgehead atoms. The van der Waals surface area contributed by atoms with E-state index in [9.17, 15) is 9.59 Å². The predicted octanol–water partition coefficient (Wildman–Crippen LogP) is 5.66. The molecule has 2 heterocycles. The van der Waals surface area contributed by atoms with Gasteiger partial charge in [0.2, 0.25) is 5.91 Å². The molecule has 4 aromatic rings. The minimum atomic E-state index is -1.01. The van der Waals surface area contributed by atoms with Crippen LogP contribution in [0.3, 0.4) is 0 Å². The molecule has 2 aromatic carbocycles. The fourth-order valence-corrected chi connectivity index (χ4v) is 5.43. The molecule has 0 saturated heterocycles. The van der Waals surface area contributed by atoms with Crippen LogP contribution in [0.1, 0.15) is 71.9 Å². The summed E-state index contributed by atoms with van der Waals surface area (Å²) in [4.78, 5) is 38.9. The molecular weight excluding hydrogens is 546 g/mol. The normalized spacial score (nSPS) is 13.8. The summed E-state index contributed by atoms with van der Waals surface area (Å²) in [5.74, 6) is 0.284. The molecular formula is C33H35N5O5. The number of nitriles is 1. The van der Waals surface area contributed by atoms with Crippen LogP contribution in [-0.4, -0.2) is 46.4 Å². The molecule has 10 nitrogen and oxygen atoms in total. The average Bonchev–Trinajstić information content (AvgIpc) is 3.73. The smallest absolute Gasteiger partial charge is 0.255 e. The third kappa shape index (κ3) is 7.12. The third-order valence-electron chi connectivity index (χ3n) is 7.61. The SMILES string of the molecule is COc1ccc(C(C(=O)NC2CCCC2)N(Cc2cocn2)C(=O)c2ccc3nc(C)ccc3c2)cc1OCCCC#N. The Morgan fingerprint density at radius 1 is 1.14 bits per heavy atom. The van der Waals surface area contributed by atoms with Crippen molar-refractivity contribution in [3.05, 3.63) is 83.7 Å². The Hall–Kier alpha value is -4.91. The van der Waals surface area contributed by atoms with Gasteiger partial charge in [0, 0.05) is 29.1 Å². The molecule has 2 aromatic heterocycles. The monoisotopic (exact) mass is 581 g/mol. The molecule has 1 aliphatic carbocycles. The summed E-state index contributed by atoms with van der Waals surface area (Å²) in [6.45, 7) is 2.26. The summed E-state index contributed by atoms with van der Waals surface area (Å²) in [6, 6.07) is 15.6. The van der Waals surface area contributed by atoms with E-state index in [1.165, 1.54) is 24.7 Å². The molecule has 1 N–H and O–H groups in total. The largest absolute Gasteiger partial charge is 0.493 e. The highest BCUT2D eigenvalue weighted by Gasteiger charge is 2.35. The molecule has 0 radical (unpaired) electrons. The maximum atomic E-state index is 14.4. The van der Waals surface area contributed by atoms with Gasteiger partial charge in [0.15, 0.2) is 17.9 Å². The summed E-state index contributed by atoms with van der Waals surface area (Å²) in [6.07, 6.45) is 7.55. The number of hydrogen-bond donors (Lipinski definition) is 1. The van der Waals surface area contributed by atoms with Crippen molar-refractivity contribution < 1.29 is 23.5 Å². The zero-order valence-corrected chi connectivity index (χ0v) is 24.4. The maximum Gasteiger partial charge on any atom is 0.255 e. The number of carbonyl (C=O) groups excluding carboxylic acids is 2. The Kier molecular flexibility index (Phi) is 9.52. The van der Waals surface area contributed by atoms with Gasteiger partial charge >= 0.3 is 0 Å². The second-order valence-corrected chi connectivity index (χ2v) is 10.7. The van der Waals surface area contributed by atoms with E-state index in [0.29, 0.717) is 47.8 Å². The Morgan fingerprint density at radius 3 is 2.72 bits per heavy atom. The lowest BCUT2D eigenvalue weighted by Crippen LogP contribution is -2.46. The molecule has 0 aliphatic heterocycles. The summed E-state index contributed by atoms with van der Waals surface area (Å²) >= 11 is 0. The number of fused-ring (bicyclic) bond motifs is 1. The van der Waals surface area contributed by atoms with Crippen LogP contribution in [0.25, 0.3) is 10.9 Å². The van der Waals surface area contributed by atoms with Crippen LogP contribution in [0.5, 0.6) is 11.5 Å². The lowest BCUT2D eigenvalue weighted by molar-refractivity contribution is -0.126. The standard InChI is InChI=1S/C33H35N5O5/c1-22-9-10-23-17-25(11-13-28(23)36-22)33(40)38(19-27-20-42-21-35-27)31(32(39)37-26-7-3-4-8-26)24-12-14-29(41-2)30(18-24)43-16-6-5-15-34/h9-14,17-18,20-21,26,31H,3-8,16,19H2,1-2H3,(H,37,39). The number of nitrogens with one attached hydrogen (secondary N) is 1. The van der Waals surface area contributed by atoms with Crippen molar-refractivity contribution in [2.24, 2.45) is 0 Å². The van der Waals surface area contributed by atoms with Gasteiger partial charge in [-0.05, 0) is 68.1 Å². The van der Waals surface area contributed by atoms with Crippen molar-refractivity contribution in [3.63, 3.8) is 0 Å². The first-order valence-electron chi connectivity index (χ1n) is 14.5. The van der Waals surface area contributed by atoms with E-state index in [4.69, 9.17) is 19.2 Å². The lowest BCUT2D eigenvalue weighted by atomic mass is 10.0. The van der Waals surface area contributed by atoms with Crippen molar-refractivity contribution in [3.8, 4) is 17.6 Å². The molecule has 1 fully saturated rings. The summed E-state index contributed by atoms with van der Waals surface area (Å²) in [7, 11) is 1.54. The molecule has 1 saturated carbocycles.